The highest BCUT2D eigenvalue weighted by Crippen LogP contribution is 2.35. The van der Waals surface area contributed by atoms with E-state index in [2.05, 4.69) is 20.8 Å². The molecule has 2 aliphatic rings. The second-order valence-electron chi connectivity index (χ2n) is 5.76. The van der Waals surface area contributed by atoms with Crippen molar-refractivity contribution in [1.29, 1.82) is 0 Å². The van der Waals surface area contributed by atoms with Gasteiger partial charge >= 0.3 is 5.97 Å². The summed E-state index contributed by atoms with van der Waals surface area (Å²) < 4.78 is 5.12. The number of rotatable bonds is 5. The van der Waals surface area contributed by atoms with E-state index in [1.165, 1.54) is 0 Å². The van der Waals surface area contributed by atoms with Crippen LogP contribution in [0.25, 0.3) is 0 Å². The molecule has 0 bridgehead atoms. The van der Waals surface area contributed by atoms with Crippen LogP contribution in [0.15, 0.2) is 4.52 Å². The molecule has 1 aromatic heterocycles. The number of carboxylic acids is 1. The minimum atomic E-state index is -0.918. The number of nitrogens with zero attached hydrogens (tertiary/aromatic N) is 2. The molecule has 1 amide bonds. The Morgan fingerprint density at radius 2 is 2.24 bits per heavy atom. The van der Waals surface area contributed by atoms with Crippen molar-refractivity contribution in [2.45, 2.75) is 50.1 Å². The lowest BCUT2D eigenvalue weighted by molar-refractivity contribution is -0.139. The molecule has 1 aliphatic heterocycles. The summed E-state index contributed by atoms with van der Waals surface area (Å²) in [7, 11) is 0. The lowest BCUT2D eigenvalue weighted by atomic mass is 9.74. The smallest absolute Gasteiger partial charge is 0.305 e. The monoisotopic (exact) mass is 294 g/mol. The third-order valence-electron chi connectivity index (χ3n) is 4.18. The molecule has 2 heterocycles. The van der Waals surface area contributed by atoms with Gasteiger partial charge in [-0.2, -0.15) is 4.98 Å². The summed E-state index contributed by atoms with van der Waals surface area (Å²) in [5, 5.41) is 18.6. The van der Waals surface area contributed by atoms with Crippen molar-refractivity contribution in [2.75, 3.05) is 6.54 Å². The molecular weight excluding hydrogens is 276 g/mol. The fraction of sp³-hybridized carbons (Fsp3) is 0.692. The van der Waals surface area contributed by atoms with E-state index < -0.39 is 17.4 Å². The Morgan fingerprint density at radius 1 is 1.43 bits per heavy atom. The van der Waals surface area contributed by atoms with Gasteiger partial charge in [-0.05, 0) is 38.6 Å². The molecule has 21 heavy (non-hydrogen) atoms. The van der Waals surface area contributed by atoms with Crippen LogP contribution in [0.1, 0.15) is 61.1 Å². The van der Waals surface area contributed by atoms with Gasteiger partial charge in [-0.3, -0.25) is 9.59 Å². The number of aromatic nitrogens is 2. The van der Waals surface area contributed by atoms with Crippen molar-refractivity contribution in [1.82, 2.24) is 20.8 Å². The summed E-state index contributed by atoms with van der Waals surface area (Å²) in [5.74, 6) is -1.00. The number of carboxylic acid groups (broad SMARTS) is 1. The minimum absolute atomic E-state index is 0.00994. The maximum Gasteiger partial charge on any atom is 0.305 e. The van der Waals surface area contributed by atoms with Crippen LogP contribution in [0, 0.1) is 0 Å². The molecule has 0 aromatic carbocycles. The predicted molar refractivity (Wildman–Crippen MR) is 70.6 cm³/mol. The van der Waals surface area contributed by atoms with Gasteiger partial charge in [-0.25, -0.2) is 0 Å². The predicted octanol–water partition coefficient (Wildman–Crippen LogP) is 0.621. The standard InChI is InChI=1S/C13H18N4O4/c18-9(19)7-13(4-2-5-13)16-11(20)10-15-12(21-17-10)8-3-1-6-14-8/h8,14H,1-7H2,(H,16,20)(H,18,19). The van der Waals surface area contributed by atoms with E-state index in [9.17, 15) is 9.59 Å². The molecule has 0 radical (unpaired) electrons. The van der Waals surface area contributed by atoms with Gasteiger partial charge in [0.2, 0.25) is 5.89 Å². The molecule has 1 saturated heterocycles. The first kappa shape index (κ1) is 14.0. The van der Waals surface area contributed by atoms with E-state index in [1.54, 1.807) is 0 Å². The van der Waals surface area contributed by atoms with Gasteiger partial charge in [0, 0.05) is 0 Å². The Kier molecular flexibility index (Phi) is 3.62. The maximum atomic E-state index is 12.2. The van der Waals surface area contributed by atoms with Crippen LogP contribution in [0.5, 0.6) is 0 Å². The Bertz CT molecular complexity index is 546. The summed E-state index contributed by atoms with van der Waals surface area (Å²) in [6, 6.07) is 0.00994. The summed E-state index contributed by atoms with van der Waals surface area (Å²) in [5.41, 5.74) is -0.657. The van der Waals surface area contributed by atoms with Crippen LogP contribution >= 0.6 is 0 Å². The summed E-state index contributed by atoms with van der Waals surface area (Å²) in [6.07, 6.45) is 4.12. The van der Waals surface area contributed by atoms with Crippen molar-refractivity contribution < 1.29 is 19.2 Å². The van der Waals surface area contributed by atoms with E-state index >= 15 is 0 Å². The number of hydrogen-bond acceptors (Lipinski definition) is 6. The zero-order valence-corrected chi connectivity index (χ0v) is 11.6. The largest absolute Gasteiger partial charge is 0.481 e. The van der Waals surface area contributed by atoms with Crippen molar-refractivity contribution in [2.24, 2.45) is 0 Å². The van der Waals surface area contributed by atoms with E-state index in [4.69, 9.17) is 9.63 Å². The Hall–Kier alpha value is -1.96. The van der Waals surface area contributed by atoms with Gasteiger partial charge in [0.15, 0.2) is 0 Å². The molecule has 3 N–H and O–H groups in total. The topological polar surface area (TPSA) is 117 Å². The minimum Gasteiger partial charge on any atom is -0.481 e. The first-order chi connectivity index (χ1) is 10.1. The average Bonchev–Trinajstić information content (AvgIpc) is 3.05. The van der Waals surface area contributed by atoms with Gasteiger partial charge < -0.3 is 20.3 Å². The summed E-state index contributed by atoms with van der Waals surface area (Å²) >= 11 is 0. The second kappa shape index (κ2) is 5.44. The van der Waals surface area contributed by atoms with Gasteiger partial charge in [0.25, 0.3) is 11.7 Å². The van der Waals surface area contributed by atoms with E-state index in [1.807, 2.05) is 0 Å². The van der Waals surface area contributed by atoms with Gasteiger partial charge in [0.1, 0.15) is 0 Å². The first-order valence-corrected chi connectivity index (χ1v) is 7.19. The molecule has 3 rings (SSSR count). The third kappa shape index (κ3) is 2.90. The van der Waals surface area contributed by atoms with Crippen LogP contribution in [0.2, 0.25) is 0 Å². The number of carbonyl (C=O) groups excluding carboxylic acids is 1. The lowest BCUT2D eigenvalue weighted by Crippen LogP contribution is -2.54. The third-order valence-corrected chi connectivity index (χ3v) is 4.18. The number of carbonyl (C=O) groups is 2. The molecule has 8 heteroatoms. The molecule has 1 atom stereocenters. The highest BCUT2D eigenvalue weighted by Gasteiger charge is 2.41. The van der Waals surface area contributed by atoms with E-state index in [0.29, 0.717) is 18.7 Å². The highest BCUT2D eigenvalue weighted by atomic mass is 16.5. The number of nitrogens with one attached hydrogen (secondary N) is 2. The van der Waals surface area contributed by atoms with Gasteiger partial charge in [0.05, 0.1) is 18.0 Å². The van der Waals surface area contributed by atoms with Crippen molar-refractivity contribution in [3.8, 4) is 0 Å². The normalized spacial score (nSPS) is 23.5. The number of hydrogen-bond donors (Lipinski definition) is 3. The molecule has 1 saturated carbocycles. The van der Waals surface area contributed by atoms with Crippen LogP contribution in [0.3, 0.4) is 0 Å². The van der Waals surface area contributed by atoms with Crippen molar-refractivity contribution >= 4 is 11.9 Å². The Labute approximate surface area is 121 Å². The van der Waals surface area contributed by atoms with Crippen molar-refractivity contribution in [3.05, 3.63) is 11.7 Å². The lowest BCUT2D eigenvalue weighted by Gasteiger charge is -2.41. The highest BCUT2D eigenvalue weighted by molar-refractivity contribution is 5.91. The zero-order chi connectivity index (χ0) is 14.9. The SMILES string of the molecule is O=C(O)CC1(NC(=O)c2noc(C3CCCN3)n2)CCC1. The fourth-order valence-corrected chi connectivity index (χ4v) is 2.90. The molecule has 1 unspecified atom stereocenters. The summed E-state index contributed by atoms with van der Waals surface area (Å²) in [4.78, 5) is 27.2. The molecule has 1 aromatic rings. The Balaban J connectivity index is 1.66. The zero-order valence-electron chi connectivity index (χ0n) is 11.6. The van der Waals surface area contributed by atoms with Crippen LogP contribution in [-0.4, -0.2) is 39.2 Å². The summed E-state index contributed by atoms with van der Waals surface area (Å²) in [6.45, 7) is 0.899. The molecule has 114 valence electrons. The first-order valence-electron chi connectivity index (χ1n) is 7.19. The molecule has 1 aliphatic carbocycles. The van der Waals surface area contributed by atoms with Gasteiger partial charge in [-0.15, -0.1) is 0 Å². The Morgan fingerprint density at radius 3 is 2.81 bits per heavy atom. The number of aliphatic carboxylic acids is 1. The quantitative estimate of drug-likeness (QED) is 0.728. The van der Waals surface area contributed by atoms with Crippen molar-refractivity contribution in [3.63, 3.8) is 0 Å². The van der Waals surface area contributed by atoms with Crippen LogP contribution in [0.4, 0.5) is 0 Å². The fourth-order valence-electron chi connectivity index (χ4n) is 2.90. The van der Waals surface area contributed by atoms with Gasteiger partial charge in [-0.1, -0.05) is 5.16 Å². The van der Waals surface area contributed by atoms with E-state index in [0.717, 1.165) is 25.8 Å². The molecular formula is C13H18N4O4. The maximum absolute atomic E-state index is 12.2. The van der Waals surface area contributed by atoms with E-state index in [-0.39, 0.29) is 18.3 Å². The number of amides is 1. The second-order valence-corrected chi connectivity index (χ2v) is 5.76. The molecule has 2 fully saturated rings. The van der Waals surface area contributed by atoms with Crippen LogP contribution < -0.4 is 10.6 Å². The van der Waals surface area contributed by atoms with Crippen LogP contribution in [-0.2, 0) is 4.79 Å². The molecule has 8 nitrogen and oxygen atoms in total. The average molecular weight is 294 g/mol. The molecule has 0 spiro atoms.